The first-order chi connectivity index (χ1) is 13.4. The van der Waals surface area contributed by atoms with Gasteiger partial charge in [0.25, 0.3) is 5.56 Å². The van der Waals surface area contributed by atoms with Gasteiger partial charge < -0.3 is 15.2 Å². The SMILES string of the molecule is COc1c(C(=O)O)nc(NC(c2ccccc2)c2cccc(Br)c2)n(C)c1=O. The van der Waals surface area contributed by atoms with Crippen molar-refractivity contribution < 1.29 is 14.6 Å². The van der Waals surface area contributed by atoms with Gasteiger partial charge in [0.05, 0.1) is 13.2 Å². The number of ether oxygens (including phenoxy) is 1. The standard InChI is InChI=1S/C20H18BrN3O4/c1-24-18(25)17(28-2)16(19(26)27)23-20(24)22-15(12-7-4-3-5-8-12)13-9-6-10-14(21)11-13/h3-11,15H,1-2H3,(H,22,23)(H,26,27). The molecule has 0 radical (unpaired) electrons. The van der Waals surface area contributed by atoms with Crippen LogP contribution < -0.4 is 15.6 Å². The van der Waals surface area contributed by atoms with Crippen LogP contribution in [0.3, 0.4) is 0 Å². The Hall–Kier alpha value is -3.13. The molecule has 3 rings (SSSR count). The molecule has 2 N–H and O–H groups in total. The summed E-state index contributed by atoms with van der Waals surface area (Å²) < 4.78 is 7.09. The highest BCUT2D eigenvalue weighted by Gasteiger charge is 2.23. The fraction of sp³-hybridized carbons (Fsp3) is 0.150. The monoisotopic (exact) mass is 443 g/mol. The van der Waals surface area contributed by atoms with Crippen molar-refractivity contribution in [3.05, 3.63) is 86.2 Å². The topological polar surface area (TPSA) is 93.4 Å². The Morgan fingerprint density at radius 1 is 1.18 bits per heavy atom. The van der Waals surface area contributed by atoms with Crippen LogP contribution in [-0.2, 0) is 7.05 Å². The molecule has 7 nitrogen and oxygen atoms in total. The van der Waals surface area contributed by atoms with Gasteiger partial charge in [-0.15, -0.1) is 0 Å². The Morgan fingerprint density at radius 3 is 2.46 bits per heavy atom. The fourth-order valence-electron chi connectivity index (χ4n) is 2.86. The Labute approximate surface area is 169 Å². The number of carboxylic acids is 1. The van der Waals surface area contributed by atoms with Crippen LogP contribution in [0.4, 0.5) is 5.95 Å². The minimum Gasteiger partial charge on any atom is -0.489 e. The molecule has 8 heteroatoms. The van der Waals surface area contributed by atoms with Crippen LogP contribution in [-0.4, -0.2) is 27.7 Å². The molecule has 0 amide bonds. The largest absolute Gasteiger partial charge is 0.489 e. The Kier molecular flexibility index (Phi) is 5.79. The first-order valence-corrected chi connectivity index (χ1v) is 9.17. The lowest BCUT2D eigenvalue weighted by molar-refractivity contribution is 0.0686. The van der Waals surface area contributed by atoms with Gasteiger partial charge in [0, 0.05) is 11.5 Å². The number of aromatic nitrogens is 2. The quantitative estimate of drug-likeness (QED) is 0.605. The maximum Gasteiger partial charge on any atom is 0.358 e. The molecule has 0 bridgehead atoms. The molecule has 2 aromatic carbocycles. The van der Waals surface area contributed by atoms with E-state index in [2.05, 4.69) is 26.2 Å². The summed E-state index contributed by atoms with van der Waals surface area (Å²) in [5.74, 6) is -1.52. The Bertz CT molecular complexity index is 1070. The van der Waals surface area contributed by atoms with Crippen LogP contribution >= 0.6 is 15.9 Å². The Balaban J connectivity index is 2.14. The number of rotatable bonds is 6. The van der Waals surface area contributed by atoms with Crippen LogP contribution in [0.25, 0.3) is 0 Å². The summed E-state index contributed by atoms with van der Waals surface area (Å²) in [6, 6.07) is 17.0. The maximum atomic E-state index is 12.5. The number of nitrogens with zero attached hydrogens (tertiary/aromatic N) is 2. The number of halogens is 1. The van der Waals surface area contributed by atoms with E-state index in [9.17, 15) is 14.7 Å². The van der Waals surface area contributed by atoms with Gasteiger partial charge in [0.2, 0.25) is 11.7 Å². The predicted molar refractivity (Wildman–Crippen MR) is 109 cm³/mol. The molecule has 0 aliphatic heterocycles. The number of aromatic carboxylic acids is 1. The first-order valence-electron chi connectivity index (χ1n) is 8.37. The summed E-state index contributed by atoms with van der Waals surface area (Å²) in [7, 11) is 2.75. The first kappa shape index (κ1) is 19.6. The molecule has 0 aliphatic rings. The van der Waals surface area contributed by atoms with Gasteiger partial charge in [-0.3, -0.25) is 9.36 Å². The van der Waals surface area contributed by atoms with Crippen molar-refractivity contribution in [2.75, 3.05) is 12.4 Å². The van der Waals surface area contributed by atoms with E-state index in [-0.39, 0.29) is 17.7 Å². The average Bonchev–Trinajstić information content (AvgIpc) is 2.69. The summed E-state index contributed by atoms with van der Waals surface area (Å²) in [6.45, 7) is 0. The van der Waals surface area contributed by atoms with E-state index in [1.54, 1.807) is 0 Å². The van der Waals surface area contributed by atoms with Gasteiger partial charge in [-0.1, -0.05) is 58.4 Å². The lowest BCUT2D eigenvalue weighted by Crippen LogP contribution is -2.28. The van der Waals surface area contributed by atoms with E-state index in [0.29, 0.717) is 0 Å². The zero-order valence-electron chi connectivity index (χ0n) is 15.2. The lowest BCUT2D eigenvalue weighted by Gasteiger charge is -2.22. The van der Waals surface area contributed by atoms with Crippen molar-refractivity contribution in [2.24, 2.45) is 7.05 Å². The normalized spacial score (nSPS) is 11.7. The molecule has 1 aromatic heterocycles. The van der Waals surface area contributed by atoms with Crippen molar-refractivity contribution in [1.29, 1.82) is 0 Å². The zero-order chi connectivity index (χ0) is 20.3. The molecule has 1 unspecified atom stereocenters. The van der Waals surface area contributed by atoms with Crippen molar-refractivity contribution in [3.63, 3.8) is 0 Å². The van der Waals surface area contributed by atoms with Crippen molar-refractivity contribution in [1.82, 2.24) is 9.55 Å². The second kappa shape index (κ2) is 8.26. The third-order valence-electron chi connectivity index (χ3n) is 4.24. The van der Waals surface area contributed by atoms with Gasteiger partial charge in [0.15, 0.2) is 5.69 Å². The van der Waals surface area contributed by atoms with Crippen LogP contribution in [0.2, 0.25) is 0 Å². The molecule has 144 valence electrons. The summed E-state index contributed by atoms with van der Waals surface area (Å²) >= 11 is 3.47. The molecule has 0 aliphatic carbocycles. The van der Waals surface area contributed by atoms with E-state index in [1.165, 1.54) is 18.7 Å². The van der Waals surface area contributed by atoms with Gasteiger partial charge in [0.1, 0.15) is 0 Å². The van der Waals surface area contributed by atoms with Gasteiger partial charge in [-0.2, -0.15) is 0 Å². The van der Waals surface area contributed by atoms with Crippen LogP contribution in [0.1, 0.15) is 27.7 Å². The molecule has 0 saturated heterocycles. The van der Waals surface area contributed by atoms with Gasteiger partial charge in [-0.05, 0) is 23.3 Å². The number of hydrogen-bond donors (Lipinski definition) is 2. The number of nitrogens with one attached hydrogen (secondary N) is 1. The summed E-state index contributed by atoms with van der Waals surface area (Å²) in [6.07, 6.45) is 0. The van der Waals surface area contributed by atoms with Gasteiger partial charge >= 0.3 is 5.97 Å². The predicted octanol–water partition coefficient (Wildman–Crippen LogP) is 3.45. The van der Waals surface area contributed by atoms with E-state index in [1.807, 2.05) is 54.6 Å². The number of carbonyl (C=O) groups is 1. The molecule has 0 saturated carbocycles. The van der Waals surface area contributed by atoms with E-state index in [4.69, 9.17) is 4.74 Å². The summed E-state index contributed by atoms with van der Waals surface area (Å²) in [4.78, 5) is 28.2. The minimum absolute atomic E-state index is 0.122. The Morgan fingerprint density at radius 2 is 1.86 bits per heavy atom. The number of benzene rings is 2. The number of methoxy groups -OCH3 is 1. The molecule has 28 heavy (non-hydrogen) atoms. The minimum atomic E-state index is -1.34. The number of hydrogen-bond acceptors (Lipinski definition) is 5. The molecule has 0 spiro atoms. The van der Waals surface area contributed by atoms with Crippen LogP contribution in [0.15, 0.2) is 63.9 Å². The summed E-state index contributed by atoms with van der Waals surface area (Å²) in [5.41, 5.74) is 0.831. The lowest BCUT2D eigenvalue weighted by atomic mass is 9.99. The fourth-order valence-corrected chi connectivity index (χ4v) is 3.28. The smallest absolute Gasteiger partial charge is 0.358 e. The molecule has 0 fully saturated rings. The molecular formula is C20H18BrN3O4. The van der Waals surface area contributed by atoms with E-state index in [0.717, 1.165) is 15.6 Å². The molecule has 1 heterocycles. The van der Waals surface area contributed by atoms with Crippen molar-refractivity contribution >= 4 is 27.8 Å². The average molecular weight is 444 g/mol. The highest BCUT2D eigenvalue weighted by Crippen LogP contribution is 2.28. The second-order valence-corrected chi connectivity index (χ2v) is 6.95. The van der Waals surface area contributed by atoms with Crippen molar-refractivity contribution in [2.45, 2.75) is 6.04 Å². The zero-order valence-corrected chi connectivity index (χ0v) is 16.8. The second-order valence-electron chi connectivity index (χ2n) is 6.03. The molecule has 3 aromatic rings. The molecular weight excluding hydrogens is 426 g/mol. The van der Waals surface area contributed by atoms with Gasteiger partial charge in [-0.25, -0.2) is 9.78 Å². The third kappa shape index (κ3) is 3.91. The number of carboxylic acid groups (broad SMARTS) is 1. The maximum absolute atomic E-state index is 12.5. The van der Waals surface area contributed by atoms with Crippen LogP contribution in [0.5, 0.6) is 5.75 Å². The van der Waals surface area contributed by atoms with Crippen molar-refractivity contribution in [3.8, 4) is 5.75 Å². The summed E-state index contributed by atoms with van der Waals surface area (Å²) in [5, 5.41) is 12.6. The van der Waals surface area contributed by atoms with E-state index < -0.39 is 17.2 Å². The third-order valence-corrected chi connectivity index (χ3v) is 4.74. The van der Waals surface area contributed by atoms with E-state index >= 15 is 0 Å². The number of anilines is 1. The highest BCUT2D eigenvalue weighted by atomic mass is 79.9. The highest BCUT2D eigenvalue weighted by molar-refractivity contribution is 9.10. The van der Waals surface area contributed by atoms with Crippen LogP contribution in [0, 0.1) is 0 Å². The molecule has 1 atom stereocenters.